The first-order valence-electron chi connectivity index (χ1n) is 35.7. The molecule has 0 aromatic carbocycles. The highest BCUT2D eigenvalue weighted by molar-refractivity contribution is 5.71. The Hall–Kier alpha value is -3.67. The third-order valence-electron chi connectivity index (χ3n) is 15.6. The predicted molar refractivity (Wildman–Crippen MR) is 362 cm³/mol. The molecule has 0 aromatic rings. The zero-order valence-electron chi connectivity index (χ0n) is 54.9. The van der Waals surface area contributed by atoms with Gasteiger partial charge in [-0.05, 0) is 109 Å². The van der Waals surface area contributed by atoms with Crippen molar-refractivity contribution < 1.29 is 28.6 Å². The van der Waals surface area contributed by atoms with Gasteiger partial charge in [-0.2, -0.15) is 0 Å². The zero-order valence-corrected chi connectivity index (χ0v) is 54.9. The smallest absolute Gasteiger partial charge is 0.306 e. The van der Waals surface area contributed by atoms with Crippen molar-refractivity contribution in [2.24, 2.45) is 0 Å². The summed E-state index contributed by atoms with van der Waals surface area (Å²) in [5.41, 5.74) is 0. The maximum Gasteiger partial charge on any atom is 0.306 e. The van der Waals surface area contributed by atoms with Crippen LogP contribution in [0.5, 0.6) is 0 Å². The van der Waals surface area contributed by atoms with Gasteiger partial charge < -0.3 is 14.2 Å². The van der Waals surface area contributed by atoms with Crippen molar-refractivity contribution in [3.8, 4) is 0 Å². The van der Waals surface area contributed by atoms with Crippen molar-refractivity contribution in [3.05, 3.63) is 97.2 Å². The maximum absolute atomic E-state index is 12.9. The van der Waals surface area contributed by atoms with Gasteiger partial charge >= 0.3 is 17.9 Å². The molecule has 0 amide bonds. The van der Waals surface area contributed by atoms with E-state index in [1.807, 2.05) is 6.08 Å². The summed E-state index contributed by atoms with van der Waals surface area (Å²) in [5.74, 6) is -0.973. The molecule has 0 spiro atoms. The predicted octanol–water partition coefficient (Wildman–Crippen LogP) is 24.8. The second-order valence-corrected chi connectivity index (χ2v) is 23.8. The van der Waals surface area contributed by atoms with Crippen LogP contribution in [-0.4, -0.2) is 37.2 Å². The molecule has 0 saturated carbocycles. The van der Waals surface area contributed by atoms with Crippen LogP contribution in [0.25, 0.3) is 0 Å². The van der Waals surface area contributed by atoms with Gasteiger partial charge in [0, 0.05) is 19.3 Å². The summed E-state index contributed by atoms with van der Waals surface area (Å²) in [5, 5.41) is 0. The van der Waals surface area contributed by atoms with Gasteiger partial charge in [-0.25, -0.2) is 0 Å². The Balaban J connectivity index is 4.24. The summed E-state index contributed by atoms with van der Waals surface area (Å²) >= 11 is 0. The van der Waals surface area contributed by atoms with Crippen molar-refractivity contribution in [2.45, 2.75) is 361 Å². The van der Waals surface area contributed by atoms with Gasteiger partial charge in [0.05, 0.1) is 0 Å². The van der Waals surface area contributed by atoms with Crippen LogP contribution in [0.4, 0.5) is 0 Å². The van der Waals surface area contributed by atoms with Crippen molar-refractivity contribution in [1.29, 1.82) is 0 Å². The largest absolute Gasteiger partial charge is 0.462 e. The molecule has 0 heterocycles. The average molecular weight is 1160 g/mol. The number of ether oxygens (including phenoxy) is 3. The molecule has 1 atom stereocenters. The Morgan fingerprint density at radius 3 is 0.807 bits per heavy atom. The Bertz CT molecular complexity index is 1610. The quantitative estimate of drug-likeness (QED) is 0.0261. The topological polar surface area (TPSA) is 78.9 Å². The summed E-state index contributed by atoms with van der Waals surface area (Å²) in [6.07, 6.45) is 96.1. The van der Waals surface area contributed by atoms with E-state index in [-0.39, 0.29) is 37.5 Å². The van der Waals surface area contributed by atoms with Crippen LogP contribution in [0.2, 0.25) is 0 Å². The minimum atomic E-state index is -0.810. The van der Waals surface area contributed by atoms with Crippen LogP contribution >= 0.6 is 0 Å². The summed E-state index contributed by atoms with van der Waals surface area (Å²) < 4.78 is 16.9. The van der Waals surface area contributed by atoms with E-state index in [1.54, 1.807) is 0 Å². The van der Waals surface area contributed by atoms with Crippen molar-refractivity contribution in [2.75, 3.05) is 13.2 Å². The molecule has 0 aromatic heterocycles. The molecular formula is C77H134O6. The van der Waals surface area contributed by atoms with Crippen LogP contribution in [0.1, 0.15) is 355 Å². The number of hydrogen-bond acceptors (Lipinski definition) is 6. The fourth-order valence-corrected chi connectivity index (χ4v) is 10.2. The van der Waals surface area contributed by atoms with Crippen LogP contribution in [0.3, 0.4) is 0 Å². The minimum absolute atomic E-state index is 0.0987. The third kappa shape index (κ3) is 69.0. The zero-order chi connectivity index (χ0) is 59.9. The van der Waals surface area contributed by atoms with Crippen molar-refractivity contribution in [3.63, 3.8) is 0 Å². The summed E-state index contributed by atoms with van der Waals surface area (Å²) in [4.78, 5) is 38.4. The molecular weight excluding hydrogens is 1020 g/mol. The maximum atomic E-state index is 12.9. The van der Waals surface area contributed by atoms with E-state index in [1.165, 1.54) is 231 Å². The van der Waals surface area contributed by atoms with Crippen LogP contribution < -0.4 is 0 Å². The molecule has 0 N–H and O–H groups in total. The fraction of sp³-hybridized carbons (Fsp3) is 0.753. The van der Waals surface area contributed by atoms with E-state index in [0.29, 0.717) is 19.3 Å². The lowest BCUT2D eigenvalue weighted by Crippen LogP contribution is -2.30. The normalized spacial score (nSPS) is 12.7. The monoisotopic (exact) mass is 1160 g/mol. The first-order valence-corrected chi connectivity index (χ1v) is 35.7. The third-order valence-corrected chi connectivity index (χ3v) is 15.6. The molecule has 0 saturated heterocycles. The van der Waals surface area contributed by atoms with Crippen LogP contribution in [0.15, 0.2) is 97.2 Å². The fourth-order valence-electron chi connectivity index (χ4n) is 10.2. The Kier molecular flexibility index (Phi) is 67.7. The standard InChI is InChI=1S/C77H134O6/c1-4-7-10-13-16-19-22-25-27-29-31-33-34-35-36-37-38-39-40-41-42-44-45-47-49-52-55-58-61-64-67-70-76(79)82-73-74(72-81-75(78)69-66-63-60-57-54-51-24-21-18-15-12-9-6-3)83-77(80)71-68-65-62-59-56-53-50-48-46-43-32-30-28-26-23-20-17-14-11-8-5-2/h9,12,18,21-23,25-26,29-32,51,54,60,63,74H,4-8,10-11,13-17,19-20,24,27-28,33-50,52-53,55-59,61-62,64-73H2,1-3H3/b12-9-,21-18-,25-22-,26-23-,31-29-,32-30-,54-51-,63-60-. The molecule has 6 heteroatoms. The number of allylic oxidation sites excluding steroid dienone is 16. The van der Waals surface area contributed by atoms with Crippen molar-refractivity contribution >= 4 is 17.9 Å². The second-order valence-electron chi connectivity index (χ2n) is 23.8. The lowest BCUT2D eigenvalue weighted by Gasteiger charge is -2.18. The minimum Gasteiger partial charge on any atom is -0.462 e. The van der Waals surface area contributed by atoms with E-state index in [0.717, 1.165) is 77.0 Å². The lowest BCUT2D eigenvalue weighted by atomic mass is 10.0. The Labute approximate surface area is 515 Å². The molecule has 0 rings (SSSR count). The lowest BCUT2D eigenvalue weighted by molar-refractivity contribution is -0.166. The molecule has 0 aliphatic heterocycles. The number of unbranched alkanes of at least 4 members (excludes halogenated alkanes) is 38. The van der Waals surface area contributed by atoms with E-state index in [9.17, 15) is 14.4 Å². The van der Waals surface area contributed by atoms with Gasteiger partial charge in [-0.1, -0.05) is 323 Å². The molecule has 0 radical (unpaired) electrons. The van der Waals surface area contributed by atoms with Gasteiger partial charge in [-0.3, -0.25) is 14.4 Å². The Morgan fingerprint density at radius 1 is 0.253 bits per heavy atom. The number of hydrogen-bond donors (Lipinski definition) is 0. The highest BCUT2D eigenvalue weighted by atomic mass is 16.6. The summed E-state index contributed by atoms with van der Waals surface area (Å²) in [7, 11) is 0. The highest BCUT2D eigenvalue weighted by Crippen LogP contribution is 2.17. The number of carbonyl (C=O) groups is 3. The van der Waals surface area contributed by atoms with Crippen LogP contribution in [-0.2, 0) is 28.6 Å². The average Bonchev–Trinajstić information content (AvgIpc) is 3.49. The molecule has 0 fully saturated rings. The summed E-state index contributed by atoms with van der Waals surface area (Å²) in [6.45, 7) is 6.48. The molecule has 83 heavy (non-hydrogen) atoms. The van der Waals surface area contributed by atoms with Gasteiger partial charge in [0.25, 0.3) is 0 Å². The SMILES string of the molecule is CC/C=C\C/C=C\C/C=C\C/C=C\CCC(=O)OCC(COC(=O)CCCCCCCCCCCCCCCCCCCCC/C=C\C/C=C\CCCCCCC)OC(=O)CCCCCCCCCCC/C=C\C/C=C\CCCCCCC. The molecule has 0 aliphatic rings. The first kappa shape index (κ1) is 79.3. The van der Waals surface area contributed by atoms with Crippen LogP contribution in [0, 0.1) is 0 Å². The Morgan fingerprint density at radius 2 is 0.494 bits per heavy atom. The van der Waals surface area contributed by atoms with Gasteiger partial charge in [0.15, 0.2) is 6.10 Å². The molecule has 0 bridgehead atoms. The van der Waals surface area contributed by atoms with E-state index in [4.69, 9.17) is 14.2 Å². The van der Waals surface area contributed by atoms with E-state index >= 15 is 0 Å². The van der Waals surface area contributed by atoms with Crippen molar-refractivity contribution in [1.82, 2.24) is 0 Å². The van der Waals surface area contributed by atoms with Gasteiger partial charge in [-0.15, -0.1) is 0 Å². The number of esters is 3. The molecule has 0 aliphatic carbocycles. The number of rotatable bonds is 65. The first-order chi connectivity index (χ1) is 41.0. The summed E-state index contributed by atoms with van der Waals surface area (Å²) in [6, 6.07) is 0. The van der Waals surface area contributed by atoms with E-state index in [2.05, 4.69) is 112 Å². The highest BCUT2D eigenvalue weighted by Gasteiger charge is 2.19. The van der Waals surface area contributed by atoms with E-state index < -0.39 is 6.10 Å². The van der Waals surface area contributed by atoms with Gasteiger partial charge in [0.1, 0.15) is 13.2 Å². The molecule has 6 nitrogen and oxygen atoms in total. The second kappa shape index (κ2) is 70.8. The molecule has 478 valence electrons. The number of carbonyl (C=O) groups excluding carboxylic acids is 3. The van der Waals surface area contributed by atoms with Gasteiger partial charge in [0.2, 0.25) is 0 Å². The molecule has 1 unspecified atom stereocenters.